The van der Waals surface area contributed by atoms with Gasteiger partial charge in [-0.05, 0) is 17.9 Å². The first-order chi connectivity index (χ1) is 11.3. The highest BCUT2D eigenvalue weighted by Gasteiger charge is 2.38. The molecule has 0 aliphatic rings. The Labute approximate surface area is 137 Å². The Hall–Kier alpha value is -2.38. The molecule has 0 saturated heterocycles. The minimum Gasteiger partial charge on any atom is -0.356 e. The lowest BCUT2D eigenvalue weighted by atomic mass is 9.99. The van der Waals surface area contributed by atoms with Gasteiger partial charge in [-0.2, -0.15) is 18.2 Å². The summed E-state index contributed by atoms with van der Waals surface area (Å²) in [4.78, 5) is 14.8. The molecule has 1 heterocycles. The minimum atomic E-state index is -4.66. The molecule has 1 unspecified atom stereocenters. The van der Waals surface area contributed by atoms with E-state index in [1.807, 2.05) is 13.8 Å². The van der Waals surface area contributed by atoms with Crippen LogP contribution in [0.4, 0.5) is 13.2 Å². The Bertz CT molecular complexity index is 681. The standard InChI is InChI=1S/C16H18F3N3O2/c1-3-4-13(23)20-9-10(2)11-5-7-12(8-6-11)14-21-15(24-22-14)16(17,18)19/h5-8,10H,3-4,9H2,1-2H3,(H,20,23). The zero-order valence-corrected chi connectivity index (χ0v) is 13.4. The third-order valence-electron chi connectivity index (χ3n) is 3.49. The maximum Gasteiger partial charge on any atom is 0.471 e. The molecule has 0 aliphatic heterocycles. The second kappa shape index (κ2) is 7.46. The summed E-state index contributed by atoms with van der Waals surface area (Å²) in [5.74, 6) is -1.39. The fourth-order valence-corrected chi connectivity index (χ4v) is 2.12. The van der Waals surface area contributed by atoms with Gasteiger partial charge in [0.05, 0.1) is 0 Å². The normalized spacial score (nSPS) is 12.9. The first-order valence-electron chi connectivity index (χ1n) is 7.59. The maximum absolute atomic E-state index is 12.5. The number of hydrogen-bond acceptors (Lipinski definition) is 4. The van der Waals surface area contributed by atoms with E-state index < -0.39 is 12.1 Å². The predicted octanol–water partition coefficient (Wildman–Crippen LogP) is 3.78. The zero-order chi connectivity index (χ0) is 17.7. The number of amides is 1. The first-order valence-corrected chi connectivity index (χ1v) is 7.59. The Balaban J connectivity index is 2.02. The van der Waals surface area contributed by atoms with Crippen molar-refractivity contribution in [3.8, 4) is 11.4 Å². The minimum absolute atomic E-state index is 0.00690. The van der Waals surface area contributed by atoms with Crippen LogP contribution >= 0.6 is 0 Å². The van der Waals surface area contributed by atoms with Crippen molar-refractivity contribution in [3.63, 3.8) is 0 Å². The molecule has 24 heavy (non-hydrogen) atoms. The maximum atomic E-state index is 12.5. The van der Waals surface area contributed by atoms with Crippen LogP contribution in [0.2, 0.25) is 0 Å². The van der Waals surface area contributed by atoms with Crippen molar-refractivity contribution in [2.45, 2.75) is 38.8 Å². The molecule has 0 fully saturated rings. The van der Waals surface area contributed by atoms with Gasteiger partial charge in [-0.15, -0.1) is 0 Å². The first kappa shape index (κ1) is 18.0. The van der Waals surface area contributed by atoms with Crippen LogP contribution < -0.4 is 5.32 Å². The number of carbonyl (C=O) groups is 1. The van der Waals surface area contributed by atoms with Crippen molar-refractivity contribution in [1.82, 2.24) is 15.5 Å². The van der Waals surface area contributed by atoms with Gasteiger partial charge in [-0.3, -0.25) is 4.79 Å². The molecule has 8 heteroatoms. The van der Waals surface area contributed by atoms with E-state index in [1.165, 1.54) is 0 Å². The molecule has 1 aromatic carbocycles. The largest absolute Gasteiger partial charge is 0.471 e. The summed E-state index contributed by atoms with van der Waals surface area (Å²) in [5.41, 5.74) is 1.38. The molecule has 1 N–H and O–H groups in total. The molecule has 0 radical (unpaired) electrons. The van der Waals surface area contributed by atoms with E-state index in [9.17, 15) is 18.0 Å². The number of rotatable bonds is 6. The highest BCUT2D eigenvalue weighted by Crippen LogP contribution is 2.29. The predicted molar refractivity (Wildman–Crippen MR) is 81.1 cm³/mol. The van der Waals surface area contributed by atoms with Crippen molar-refractivity contribution in [2.75, 3.05) is 6.54 Å². The molecular weight excluding hydrogens is 323 g/mol. The van der Waals surface area contributed by atoms with Crippen LogP contribution in [0.3, 0.4) is 0 Å². The van der Waals surface area contributed by atoms with Crippen LogP contribution in [0.15, 0.2) is 28.8 Å². The number of aromatic nitrogens is 2. The second-order valence-corrected chi connectivity index (χ2v) is 5.50. The van der Waals surface area contributed by atoms with Crippen molar-refractivity contribution in [1.29, 1.82) is 0 Å². The average Bonchev–Trinajstić information content (AvgIpc) is 3.03. The van der Waals surface area contributed by atoms with Crippen LogP contribution in [0.1, 0.15) is 44.1 Å². The number of alkyl halides is 3. The Morgan fingerprint density at radius 3 is 2.50 bits per heavy atom. The molecule has 5 nitrogen and oxygen atoms in total. The molecule has 0 saturated carbocycles. The number of hydrogen-bond donors (Lipinski definition) is 1. The van der Waals surface area contributed by atoms with Gasteiger partial charge in [-0.1, -0.05) is 43.3 Å². The van der Waals surface area contributed by atoms with Crippen LogP contribution in [0.25, 0.3) is 11.4 Å². The van der Waals surface area contributed by atoms with Crippen molar-refractivity contribution in [3.05, 3.63) is 35.7 Å². The van der Waals surface area contributed by atoms with Gasteiger partial charge in [-0.25, -0.2) is 0 Å². The average molecular weight is 341 g/mol. The van der Waals surface area contributed by atoms with Crippen molar-refractivity contribution < 1.29 is 22.5 Å². The molecule has 1 amide bonds. The summed E-state index contributed by atoms with van der Waals surface area (Å²) in [6.45, 7) is 4.39. The monoisotopic (exact) mass is 341 g/mol. The van der Waals surface area contributed by atoms with E-state index in [0.29, 0.717) is 18.5 Å². The summed E-state index contributed by atoms with van der Waals surface area (Å²) in [7, 11) is 0. The molecule has 0 aliphatic carbocycles. The molecule has 2 rings (SSSR count). The summed E-state index contributed by atoms with van der Waals surface area (Å²) < 4.78 is 41.6. The van der Waals surface area contributed by atoms with Crippen molar-refractivity contribution in [2.24, 2.45) is 0 Å². The van der Waals surface area contributed by atoms with E-state index in [4.69, 9.17) is 0 Å². The SMILES string of the molecule is CCCC(=O)NCC(C)c1ccc(-c2noc(C(F)(F)F)n2)cc1. The van der Waals surface area contributed by atoms with Gasteiger partial charge < -0.3 is 9.84 Å². The van der Waals surface area contributed by atoms with Gasteiger partial charge in [0.25, 0.3) is 0 Å². The van der Waals surface area contributed by atoms with E-state index in [2.05, 4.69) is 20.0 Å². The van der Waals surface area contributed by atoms with Gasteiger partial charge in [0, 0.05) is 18.5 Å². The van der Waals surface area contributed by atoms with E-state index >= 15 is 0 Å². The molecule has 1 atom stereocenters. The summed E-state index contributed by atoms with van der Waals surface area (Å²) in [6.07, 6.45) is -3.37. The highest BCUT2D eigenvalue weighted by molar-refractivity contribution is 5.75. The number of nitrogens with one attached hydrogen (secondary N) is 1. The topological polar surface area (TPSA) is 68.0 Å². The summed E-state index contributed by atoms with van der Waals surface area (Å²) in [5, 5.41) is 6.19. The lowest BCUT2D eigenvalue weighted by molar-refractivity contribution is -0.159. The second-order valence-electron chi connectivity index (χ2n) is 5.50. The lowest BCUT2D eigenvalue weighted by Crippen LogP contribution is -2.27. The number of benzene rings is 1. The van der Waals surface area contributed by atoms with E-state index in [1.54, 1.807) is 24.3 Å². The molecule has 2 aromatic rings. The van der Waals surface area contributed by atoms with Crippen LogP contribution in [-0.4, -0.2) is 22.6 Å². The van der Waals surface area contributed by atoms with Gasteiger partial charge in [0.15, 0.2) is 0 Å². The van der Waals surface area contributed by atoms with Gasteiger partial charge in [0.2, 0.25) is 11.7 Å². The summed E-state index contributed by atoms with van der Waals surface area (Å²) >= 11 is 0. The Morgan fingerprint density at radius 2 is 1.96 bits per heavy atom. The fourth-order valence-electron chi connectivity index (χ4n) is 2.12. The Kier molecular flexibility index (Phi) is 5.58. The van der Waals surface area contributed by atoms with Crippen molar-refractivity contribution >= 4 is 5.91 Å². The zero-order valence-electron chi connectivity index (χ0n) is 13.4. The van der Waals surface area contributed by atoms with Gasteiger partial charge >= 0.3 is 12.1 Å². The molecule has 0 bridgehead atoms. The quantitative estimate of drug-likeness (QED) is 0.868. The van der Waals surface area contributed by atoms with E-state index in [0.717, 1.165) is 12.0 Å². The fraction of sp³-hybridized carbons (Fsp3) is 0.438. The van der Waals surface area contributed by atoms with Crippen LogP contribution in [-0.2, 0) is 11.0 Å². The molecule has 1 aromatic heterocycles. The number of nitrogens with zero attached hydrogens (tertiary/aromatic N) is 2. The van der Waals surface area contributed by atoms with Crippen LogP contribution in [0.5, 0.6) is 0 Å². The number of carbonyl (C=O) groups excluding carboxylic acids is 1. The van der Waals surface area contributed by atoms with Gasteiger partial charge in [0.1, 0.15) is 0 Å². The highest BCUT2D eigenvalue weighted by atomic mass is 19.4. The van der Waals surface area contributed by atoms with Crippen LogP contribution in [0, 0.1) is 0 Å². The van der Waals surface area contributed by atoms with E-state index in [-0.39, 0.29) is 17.6 Å². The third-order valence-corrected chi connectivity index (χ3v) is 3.49. The summed E-state index contributed by atoms with van der Waals surface area (Å²) in [6, 6.07) is 6.81. The smallest absolute Gasteiger partial charge is 0.356 e. The Morgan fingerprint density at radius 1 is 1.29 bits per heavy atom. The lowest BCUT2D eigenvalue weighted by Gasteiger charge is -2.13. The molecule has 0 spiro atoms. The third kappa shape index (κ3) is 4.56. The number of halogens is 3. The molecule has 130 valence electrons. The molecular formula is C16H18F3N3O2.